The summed E-state index contributed by atoms with van der Waals surface area (Å²) < 4.78 is 11.0. The average molecular weight is 422 g/mol. The van der Waals surface area contributed by atoms with Crippen molar-refractivity contribution >= 4 is 28.5 Å². The quantitative estimate of drug-likeness (QED) is 0.261. The molecule has 0 aliphatic carbocycles. The molecular weight excluding hydrogens is 400 g/mol. The van der Waals surface area contributed by atoms with Crippen LogP contribution in [0.5, 0.6) is 5.75 Å². The van der Waals surface area contributed by atoms with Crippen molar-refractivity contribution in [1.82, 2.24) is 5.48 Å². The SMILES string of the molecule is CO[C@H](/C=C/C(=O)NO)[C@H](OC(=O)Nc1cccc2ccccc12)c1ccc(O)cc1. The average Bonchev–Trinajstić information content (AvgIpc) is 2.79. The topological polar surface area (TPSA) is 117 Å². The number of hydrogen-bond donors (Lipinski definition) is 4. The van der Waals surface area contributed by atoms with Crippen molar-refractivity contribution in [2.45, 2.75) is 12.2 Å². The van der Waals surface area contributed by atoms with Gasteiger partial charge >= 0.3 is 6.09 Å². The normalized spacial score (nSPS) is 13.0. The number of aromatic hydroxyl groups is 1. The van der Waals surface area contributed by atoms with Crippen molar-refractivity contribution in [2.24, 2.45) is 0 Å². The molecule has 0 spiro atoms. The van der Waals surface area contributed by atoms with Gasteiger partial charge in [-0.05, 0) is 35.2 Å². The summed E-state index contributed by atoms with van der Waals surface area (Å²) in [5, 5.41) is 22.8. The third-order valence-corrected chi connectivity index (χ3v) is 4.60. The number of hydroxylamine groups is 1. The number of rotatable bonds is 7. The zero-order chi connectivity index (χ0) is 22.2. The van der Waals surface area contributed by atoms with Gasteiger partial charge in [0.05, 0.1) is 5.69 Å². The number of anilines is 1. The lowest BCUT2D eigenvalue weighted by Crippen LogP contribution is -2.27. The molecule has 2 atom stereocenters. The molecule has 0 heterocycles. The maximum atomic E-state index is 12.7. The minimum atomic E-state index is -0.941. The summed E-state index contributed by atoms with van der Waals surface area (Å²) in [7, 11) is 1.39. The van der Waals surface area contributed by atoms with E-state index in [1.807, 2.05) is 36.4 Å². The number of hydrogen-bond acceptors (Lipinski definition) is 6. The van der Waals surface area contributed by atoms with Crippen molar-refractivity contribution in [3.05, 3.63) is 84.4 Å². The summed E-state index contributed by atoms with van der Waals surface area (Å²) in [5.41, 5.74) is 2.60. The molecule has 3 rings (SSSR count). The fraction of sp³-hybridized carbons (Fsp3) is 0.130. The molecule has 0 aliphatic heterocycles. The molecule has 3 aromatic rings. The number of carbonyl (C=O) groups excluding carboxylic acids is 2. The first-order valence-electron chi connectivity index (χ1n) is 9.41. The molecular formula is C23H22N2O6. The van der Waals surface area contributed by atoms with Gasteiger partial charge in [-0.2, -0.15) is 0 Å². The minimum absolute atomic E-state index is 0.0480. The van der Waals surface area contributed by atoms with E-state index in [9.17, 15) is 14.7 Å². The predicted molar refractivity (Wildman–Crippen MR) is 115 cm³/mol. The van der Waals surface area contributed by atoms with E-state index < -0.39 is 24.2 Å². The highest BCUT2D eigenvalue weighted by atomic mass is 16.6. The molecule has 0 aromatic heterocycles. The maximum absolute atomic E-state index is 12.7. The number of benzene rings is 3. The fourth-order valence-electron chi connectivity index (χ4n) is 3.10. The van der Waals surface area contributed by atoms with Crippen LogP contribution >= 0.6 is 0 Å². The number of nitrogens with one attached hydrogen (secondary N) is 2. The number of fused-ring (bicyclic) bond motifs is 1. The molecule has 0 saturated carbocycles. The molecule has 0 unspecified atom stereocenters. The first kappa shape index (κ1) is 21.8. The molecule has 2 amide bonds. The van der Waals surface area contributed by atoms with E-state index >= 15 is 0 Å². The summed E-state index contributed by atoms with van der Waals surface area (Å²) >= 11 is 0. The fourth-order valence-corrected chi connectivity index (χ4v) is 3.10. The number of carbonyl (C=O) groups is 2. The lowest BCUT2D eigenvalue weighted by atomic mass is 10.0. The maximum Gasteiger partial charge on any atom is 0.412 e. The van der Waals surface area contributed by atoms with E-state index in [0.29, 0.717) is 11.3 Å². The first-order valence-corrected chi connectivity index (χ1v) is 9.41. The second kappa shape index (κ2) is 10.2. The summed E-state index contributed by atoms with van der Waals surface area (Å²) in [5.74, 6) is -0.710. The van der Waals surface area contributed by atoms with Crippen LogP contribution in [0.15, 0.2) is 78.9 Å². The van der Waals surface area contributed by atoms with Crippen LogP contribution in [0.4, 0.5) is 10.5 Å². The number of phenolic OH excluding ortho intramolecular Hbond substituents is 1. The number of amides is 2. The Kier molecular flexibility index (Phi) is 7.21. The summed E-state index contributed by atoms with van der Waals surface area (Å²) in [6, 6.07) is 19.2. The van der Waals surface area contributed by atoms with E-state index in [0.717, 1.165) is 16.8 Å². The number of methoxy groups -OCH3 is 1. The van der Waals surface area contributed by atoms with Crippen LogP contribution in [0.2, 0.25) is 0 Å². The zero-order valence-electron chi connectivity index (χ0n) is 16.7. The van der Waals surface area contributed by atoms with Crippen LogP contribution in [0.3, 0.4) is 0 Å². The number of ether oxygens (including phenoxy) is 2. The van der Waals surface area contributed by atoms with E-state index in [2.05, 4.69) is 5.32 Å². The Labute approximate surface area is 178 Å². The van der Waals surface area contributed by atoms with Gasteiger partial charge in [-0.25, -0.2) is 10.3 Å². The van der Waals surface area contributed by atoms with Crippen LogP contribution in [-0.2, 0) is 14.3 Å². The molecule has 8 nitrogen and oxygen atoms in total. The first-order chi connectivity index (χ1) is 15.0. The van der Waals surface area contributed by atoms with Crippen LogP contribution in [0, 0.1) is 0 Å². The van der Waals surface area contributed by atoms with Gasteiger partial charge in [-0.1, -0.05) is 48.5 Å². The number of phenols is 1. The Morgan fingerprint density at radius 2 is 1.71 bits per heavy atom. The van der Waals surface area contributed by atoms with Crippen LogP contribution in [0.1, 0.15) is 11.7 Å². The van der Waals surface area contributed by atoms with Gasteiger partial charge in [0.25, 0.3) is 5.91 Å². The summed E-state index contributed by atoms with van der Waals surface area (Å²) in [4.78, 5) is 24.1. The van der Waals surface area contributed by atoms with Gasteiger partial charge in [-0.3, -0.25) is 15.3 Å². The van der Waals surface area contributed by atoms with Gasteiger partial charge in [0.1, 0.15) is 11.9 Å². The summed E-state index contributed by atoms with van der Waals surface area (Å²) in [6.07, 6.45) is -0.0955. The van der Waals surface area contributed by atoms with Crippen LogP contribution in [0.25, 0.3) is 10.8 Å². The molecule has 0 fully saturated rings. The highest BCUT2D eigenvalue weighted by Gasteiger charge is 2.26. The standard InChI is InChI=1S/C23H22N2O6/c1-30-20(13-14-21(27)25-29)22(16-9-11-17(26)12-10-16)31-23(28)24-19-8-4-6-15-5-2-3-7-18(15)19/h2-14,20,22,26,29H,1H3,(H,24,28)(H,25,27)/b14-13+/t20-,22-/m1/s1. The van der Waals surface area contributed by atoms with Gasteiger partial charge in [0, 0.05) is 18.6 Å². The van der Waals surface area contributed by atoms with E-state index in [-0.39, 0.29) is 5.75 Å². The van der Waals surface area contributed by atoms with Crippen molar-refractivity contribution in [3.8, 4) is 5.75 Å². The van der Waals surface area contributed by atoms with E-state index in [1.165, 1.54) is 30.8 Å². The molecule has 31 heavy (non-hydrogen) atoms. The molecule has 160 valence electrons. The van der Waals surface area contributed by atoms with Crippen LogP contribution < -0.4 is 10.8 Å². The van der Waals surface area contributed by atoms with E-state index in [1.54, 1.807) is 18.2 Å². The molecule has 0 radical (unpaired) electrons. The second-order valence-electron chi connectivity index (χ2n) is 6.60. The van der Waals surface area contributed by atoms with Crippen molar-refractivity contribution < 1.29 is 29.4 Å². The molecule has 4 N–H and O–H groups in total. The lowest BCUT2D eigenvalue weighted by molar-refractivity contribution is -0.124. The van der Waals surface area contributed by atoms with Gasteiger partial charge in [-0.15, -0.1) is 0 Å². The highest BCUT2D eigenvalue weighted by Crippen LogP contribution is 2.28. The minimum Gasteiger partial charge on any atom is -0.508 e. The van der Waals surface area contributed by atoms with Crippen molar-refractivity contribution in [3.63, 3.8) is 0 Å². The molecule has 0 aliphatic rings. The molecule has 0 saturated heterocycles. The second-order valence-corrected chi connectivity index (χ2v) is 6.60. The van der Waals surface area contributed by atoms with E-state index in [4.69, 9.17) is 14.7 Å². The predicted octanol–water partition coefficient (Wildman–Crippen LogP) is 3.91. The molecule has 8 heteroatoms. The Bertz CT molecular complexity index is 1080. The molecule has 0 bridgehead atoms. The highest BCUT2D eigenvalue weighted by molar-refractivity contribution is 6.00. The van der Waals surface area contributed by atoms with Gasteiger partial charge < -0.3 is 14.6 Å². The van der Waals surface area contributed by atoms with Crippen molar-refractivity contribution in [2.75, 3.05) is 12.4 Å². The third-order valence-electron chi connectivity index (χ3n) is 4.60. The lowest BCUT2D eigenvalue weighted by Gasteiger charge is -2.24. The Morgan fingerprint density at radius 1 is 1.00 bits per heavy atom. The Balaban J connectivity index is 1.86. The Hall–Kier alpha value is -3.88. The summed E-state index contributed by atoms with van der Waals surface area (Å²) in [6.45, 7) is 0. The zero-order valence-corrected chi connectivity index (χ0v) is 16.7. The smallest absolute Gasteiger partial charge is 0.412 e. The van der Waals surface area contributed by atoms with Crippen molar-refractivity contribution in [1.29, 1.82) is 0 Å². The monoisotopic (exact) mass is 422 g/mol. The van der Waals surface area contributed by atoms with Gasteiger partial charge in [0.15, 0.2) is 6.10 Å². The third kappa shape index (κ3) is 5.59. The van der Waals surface area contributed by atoms with Gasteiger partial charge in [0.2, 0.25) is 0 Å². The largest absolute Gasteiger partial charge is 0.508 e. The molecule has 3 aromatic carbocycles. The Morgan fingerprint density at radius 3 is 2.42 bits per heavy atom. The van der Waals surface area contributed by atoms with Crippen LogP contribution in [-0.4, -0.2) is 35.5 Å².